The molecule has 0 atom stereocenters. The molecule has 8 heteroatoms. The highest BCUT2D eigenvalue weighted by atomic mass is 16.6. The maximum atomic E-state index is 12.1. The molecule has 0 fully saturated rings. The Morgan fingerprint density at radius 2 is 1.85 bits per heavy atom. The third-order valence-electron chi connectivity index (χ3n) is 3.58. The van der Waals surface area contributed by atoms with Crippen LogP contribution in [0.4, 0.5) is 5.69 Å². The molecule has 0 aliphatic rings. The number of methoxy groups -OCH3 is 1. The van der Waals surface area contributed by atoms with E-state index in [0.717, 1.165) is 0 Å². The lowest BCUT2D eigenvalue weighted by Crippen LogP contribution is -2.08. The topological polar surface area (TPSA) is 104 Å². The number of benzene rings is 2. The SMILES string of the molecule is COc1ccccc1-c1noc(COC(=O)c2ccc(NC(C)=O)cc2)n1. The van der Waals surface area contributed by atoms with E-state index in [9.17, 15) is 9.59 Å². The third-order valence-corrected chi connectivity index (χ3v) is 3.58. The molecule has 8 nitrogen and oxygen atoms in total. The number of rotatable bonds is 6. The minimum atomic E-state index is -0.540. The van der Waals surface area contributed by atoms with Gasteiger partial charge in [-0.1, -0.05) is 17.3 Å². The molecule has 1 aromatic heterocycles. The van der Waals surface area contributed by atoms with Gasteiger partial charge < -0.3 is 19.3 Å². The van der Waals surface area contributed by atoms with E-state index in [1.165, 1.54) is 6.92 Å². The van der Waals surface area contributed by atoms with Crippen molar-refractivity contribution in [1.82, 2.24) is 10.1 Å². The van der Waals surface area contributed by atoms with Crippen LogP contribution in [0.25, 0.3) is 11.4 Å². The van der Waals surface area contributed by atoms with Gasteiger partial charge in [-0.2, -0.15) is 4.98 Å². The molecule has 138 valence electrons. The van der Waals surface area contributed by atoms with Crippen molar-refractivity contribution >= 4 is 17.6 Å². The lowest BCUT2D eigenvalue weighted by atomic mass is 10.2. The van der Waals surface area contributed by atoms with E-state index in [1.807, 2.05) is 12.1 Å². The predicted octanol–water partition coefficient (Wildman–Crippen LogP) is 3.06. The smallest absolute Gasteiger partial charge is 0.338 e. The second kappa shape index (κ2) is 8.13. The van der Waals surface area contributed by atoms with Crippen LogP contribution in [0.15, 0.2) is 53.1 Å². The van der Waals surface area contributed by atoms with Gasteiger partial charge in [0.2, 0.25) is 11.7 Å². The Bertz CT molecular complexity index is 950. The fourth-order valence-corrected chi connectivity index (χ4v) is 2.36. The molecule has 0 aliphatic carbocycles. The molecule has 0 radical (unpaired) electrons. The molecule has 27 heavy (non-hydrogen) atoms. The van der Waals surface area contributed by atoms with Gasteiger partial charge in [0, 0.05) is 12.6 Å². The van der Waals surface area contributed by atoms with E-state index in [2.05, 4.69) is 15.5 Å². The predicted molar refractivity (Wildman–Crippen MR) is 96.2 cm³/mol. The molecule has 0 unspecified atom stereocenters. The summed E-state index contributed by atoms with van der Waals surface area (Å²) in [6.45, 7) is 1.25. The highest BCUT2D eigenvalue weighted by Gasteiger charge is 2.15. The Kier molecular flexibility index (Phi) is 5.46. The van der Waals surface area contributed by atoms with Crippen molar-refractivity contribution in [2.24, 2.45) is 0 Å². The summed E-state index contributed by atoms with van der Waals surface area (Å²) in [7, 11) is 1.55. The minimum absolute atomic E-state index is 0.158. The first-order chi connectivity index (χ1) is 13.1. The number of hydrogen-bond acceptors (Lipinski definition) is 7. The van der Waals surface area contributed by atoms with Gasteiger partial charge in [-0.15, -0.1) is 0 Å². The minimum Gasteiger partial charge on any atom is -0.496 e. The van der Waals surface area contributed by atoms with Gasteiger partial charge in [0.1, 0.15) is 5.75 Å². The first-order valence-corrected chi connectivity index (χ1v) is 8.07. The zero-order chi connectivity index (χ0) is 19.2. The van der Waals surface area contributed by atoms with Crippen LogP contribution in [0, 0.1) is 0 Å². The number of carbonyl (C=O) groups is 2. The molecule has 0 saturated carbocycles. The normalized spacial score (nSPS) is 10.3. The fraction of sp³-hybridized carbons (Fsp3) is 0.158. The molecule has 0 bridgehead atoms. The molecular weight excluding hydrogens is 350 g/mol. The second-order valence-electron chi connectivity index (χ2n) is 5.55. The summed E-state index contributed by atoms with van der Waals surface area (Å²) in [5.41, 5.74) is 1.61. The zero-order valence-electron chi connectivity index (χ0n) is 14.8. The highest BCUT2D eigenvalue weighted by Crippen LogP contribution is 2.27. The monoisotopic (exact) mass is 367 g/mol. The van der Waals surface area contributed by atoms with E-state index in [-0.39, 0.29) is 18.4 Å². The maximum absolute atomic E-state index is 12.1. The Morgan fingerprint density at radius 1 is 1.11 bits per heavy atom. The van der Waals surface area contributed by atoms with Crippen molar-refractivity contribution in [1.29, 1.82) is 0 Å². The molecule has 1 amide bonds. The molecule has 1 N–H and O–H groups in total. The molecule has 2 aromatic carbocycles. The van der Waals surface area contributed by atoms with Crippen LogP contribution in [0.1, 0.15) is 23.2 Å². The number of amides is 1. The summed E-state index contributed by atoms with van der Waals surface area (Å²) in [5, 5.41) is 6.51. The van der Waals surface area contributed by atoms with Crippen LogP contribution in [0.3, 0.4) is 0 Å². The molecular formula is C19H17N3O5. The number of hydrogen-bond donors (Lipinski definition) is 1. The third kappa shape index (κ3) is 4.49. The van der Waals surface area contributed by atoms with Gasteiger partial charge in [-0.25, -0.2) is 4.79 Å². The standard InChI is InChI=1S/C19H17N3O5/c1-12(23)20-14-9-7-13(8-10-14)19(24)26-11-17-21-18(22-27-17)15-5-3-4-6-16(15)25-2/h3-10H,11H2,1-2H3,(H,20,23). The first-order valence-electron chi connectivity index (χ1n) is 8.07. The molecule has 1 heterocycles. The molecule has 3 aromatic rings. The Morgan fingerprint density at radius 3 is 2.56 bits per heavy atom. The van der Waals surface area contributed by atoms with Crippen LogP contribution < -0.4 is 10.1 Å². The van der Waals surface area contributed by atoms with Crippen molar-refractivity contribution in [2.75, 3.05) is 12.4 Å². The van der Waals surface area contributed by atoms with Crippen LogP contribution in [0.5, 0.6) is 5.75 Å². The summed E-state index contributed by atoms with van der Waals surface area (Å²) in [6.07, 6.45) is 0. The van der Waals surface area contributed by atoms with Gasteiger partial charge in [0.15, 0.2) is 6.61 Å². The van der Waals surface area contributed by atoms with Gasteiger partial charge >= 0.3 is 5.97 Å². The number of carbonyl (C=O) groups excluding carboxylic acids is 2. The molecule has 0 aliphatic heterocycles. The quantitative estimate of drug-likeness (QED) is 0.668. The number of nitrogens with one attached hydrogen (secondary N) is 1. The summed E-state index contributed by atoms with van der Waals surface area (Å²) in [4.78, 5) is 27.3. The van der Waals surface area contributed by atoms with E-state index in [0.29, 0.717) is 28.4 Å². The number of esters is 1. The van der Waals surface area contributed by atoms with Gasteiger partial charge in [-0.05, 0) is 36.4 Å². The van der Waals surface area contributed by atoms with Crippen molar-refractivity contribution in [3.63, 3.8) is 0 Å². The van der Waals surface area contributed by atoms with Crippen LogP contribution in [0.2, 0.25) is 0 Å². The zero-order valence-corrected chi connectivity index (χ0v) is 14.8. The highest BCUT2D eigenvalue weighted by molar-refractivity contribution is 5.92. The summed E-state index contributed by atoms with van der Waals surface area (Å²) >= 11 is 0. The average Bonchev–Trinajstić information content (AvgIpc) is 3.15. The summed E-state index contributed by atoms with van der Waals surface area (Å²) < 4.78 is 15.6. The molecule has 3 rings (SSSR count). The second-order valence-corrected chi connectivity index (χ2v) is 5.55. The van der Waals surface area contributed by atoms with Crippen LogP contribution in [-0.4, -0.2) is 29.1 Å². The molecule has 0 spiro atoms. The summed E-state index contributed by atoms with van der Waals surface area (Å²) in [5.74, 6) is 0.396. The van der Waals surface area contributed by atoms with E-state index < -0.39 is 5.97 Å². The van der Waals surface area contributed by atoms with Crippen molar-refractivity contribution in [2.45, 2.75) is 13.5 Å². The maximum Gasteiger partial charge on any atom is 0.338 e. The Hall–Kier alpha value is -3.68. The number of aromatic nitrogens is 2. The van der Waals surface area contributed by atoms with Gasteiger partial charge in [-0.3, -0.25) is 4.79 Å². The lowest BCUT2D eigenvalue weighted by Gasteiger charge is -2.04. The Labute approximate surface area is 155 Å². The van der Waals surface area contributed by atoms with Gasteiger partial charge in [0.25, 0.3) is 5.89 Å². The van der Waals surface area contributed by atoms with Crippen molar-refractivity contribution in [3.8, 4) is 17.1 Å². The number of nitrogens with zero attached hydrogens (tertiary/aromatic N) is 2. The molecule has 0 saturated heterocycles. The number of anilines is 1. The largest absolute Gasteiger partial charge is 0.496 e. The van der Waals surface area contributed by atoms with Crippen molar-refractivity contribution < 1.29 is 23.6 Å². The first kappa shape index (κ1) is 18.1. The van der Waals surface area contributed by atoms with Gasteiger partial charge in [0.05, 0.1) is 18.2 Å². The number of para-hydroxylation sites is 1. The van der Waals surface area contributed by atoms with E-state index >= 15 is 0 Å². The Balaban J connectivity index is 1.63. The van der Waals surface area contributed by atoms with E-state index in [4.69, 9.17) is 14.0 Å². The average molecular weight is 367 g/mol. The lowest BCUT2D eigenvalue weighted by molar-refractivity contribution is -0.114. The fourth-order valence-electron chi connectivity index (χ4n) is 2.36. The van der Waals surface area contributed by atoms with Crippen molar-refractivity contribution in [3.05, 3.63) is 60.0 Å². The van der Waals surface area contributed by atoms with Crippen LogP contribution >= 0.6 is 0 Å². The van der Waals surface area contributed by atoms with E-state index in [1.54, 1.807) is 43.5 Å². The number of ether oxygens (including phenoxy) is 2. The van der Waals surface area contributed by atoms with Crippen LogP contribution in [-0.2, 0) is 16.1 Å². The summed E-state index contributed by atoms with van der Waals surface area (Å²) in [6, 6.07) is 13.6.